The van der Waals surface area contributed by atoms with Crippen LogP contribution in [0, 0.1) is 13.8 Å². The molecule has 2 aromatic heterocycles. The molecule has 9 rings (SSSR count). The molecule has 0 aliphatic heterocycles. The summed E-state index contributed by atoms with van der Waals surface area (Å²) in [5, 5.41) is 14.3. The first-order valence-electron chi connectivity index (χ1n) is 16.3. The zero-order valence-electron chi connectivity index (χ0n) is 26.7. The van der Waals surface area contributed by atoms with Crippen LogP contribution in [0.4, 0.5) is 0 Å². The summed E-state index contributed by atoms with van der Waals surface area (Å²) in [6.45, 7) is 4.59. The Morgan fingerprint density at radius 1 is 0.562 bits per heavy atom. The fourth-order valence-corrected chi connectivity index (χ4v) is 10.1. The van der Waals surface area contributed by atoms with Gasteiger partial charge in [-0.25, -0.2) is 0 Å². The molecule has 0 atom stereocenters. The van der Waals surface area contributed by atoms with Crippen molar-refractivity contribution in [3.05, 3.63) is 162 Å². The Bertz CT molecular complexity index is 2480. The van der Waals surface area contributed by atoms with Crippen LogP contribution in [0.5, 0.6) is 0 Å². The Labute approximate surface area is 286 Å². The first-order valence-corrected chi connectivity index (χ1v) is 18.0. The quantitative estimate of drug-likeness (QED) is 0.170. The van der Waals surface area contributed by atoms with Crippen LogP contribution in [0.25, 0.3) is 75.4 Å². The Hall–Kier alpha value is -5.41. The van der Waals surface area contributed by atoms with Gasteiger partial charge in [0.05, 0.1) is 0 Å². The number of benzene rings is 6. The van der Waals surface area contributed by atoms with Crippen molar-refractivity contribution in [2.24, 2.45) is 0 Å². The van der Waals surface area contributed by atoms with E-state index < -0.39 is 0 Å². The second-order valence-corrected chi connectivity index (χ2v) is 14.7. The standard InChI is InChI=1S/C44H31N3Se/c1-27-25-36-32-18-10-9-17-31(32)26-37(36)40(28(27)2)43-34-19-11-12-20-39(34)48-44(43)35-22-21-33(29-13-5-3-6-14-29)41(30-15-7-4-8-16-30)42(35)38-23-24-45-47-46-38/h3-25H,26H2,1-2H3. The molecule has 0 bridgehead atoms. The van der Waals surface area contributed by atoms with Gasteiger partial charge in [-0.1, -0.05) is 0 Å². The summed E-state index contributed by atoms with van der Waals surface area (Å²) in [5.41, 5.74) is 18.8. The molecule has 0 N–H and O–H groups in total. The summed E-state index contributed by atoms with van der Waals surface area (Å²) < 4.78 is 2.81. The molecule has 0 unspecified atom stereocenters. The minimum atomic E-state index is 0.0673. The van der Waals surface area contributed by atoms with Gasteiger partial charge in [0.25, 0.3) is 0 Å². The fourth-order valence-electron chi connectivity index (χ4n) is 7.54. The maximum absolute atomic E-state index is 4.69. The predicted octanol–water partition coefficient (Wildman–Crippen LogP) is 10.6. The Morgan fingerprint density at radius 2 is 1.27 bits per heavy atom. The zero-order chi connectivity index (χ0) is 32.2. The normalized spacial score (nSPS) is 11.9. The minimum absolute atomic E-state index is 0.0673. The average molecular weight is 681 g/mol. The van der Waals surface area contributed by atoms with Gasteiger partial charge in [0.2, 0.25) is 0 Å². The van der Waals surface area contributed by atoms with E-state index in [4.69, 9.17) is 0 Å². The molecule has 0 saturated carbocycles. The van der Waals surface area contributed by atoms with Crippen molar-refractivity contribution in [3.8, 4) is 65.8 Å². The van der Waals surface area contributed by atoms with Crippen LogP contribution in [0.2, 0.25) is 0 Å². The molecule has 228 valence electrons. The molecule has 4 heteroatoms. The monoisotopic (exact) mass is 681 g/mol. The molecule has 3 nitrogen and oxygen atoms in total. The van der Waals surface area contributed by atoms with E-state index in [1.807, 2.05) is 6.07 Å². The van der Waals surface area contributed by atoms with Crippen LogP contribution in [-0.2, 0) is 6.42 Å². The van der Waals surface area contributed by atoms with Crippen LogP contribution in [0.3, 0.4) is 0 Å². The van der Waals surface area contributed by atoms with E-state index in [0.717, 1.165) is 28.8 Å². The number of aromatic nitrogens is 3. The summed E-state index contributed by atoms with van der Waals surface area (Å²) in [6, 6.07) is 48.5. The van der Waals surface area contributed by atoms with E-state index >= 15 is 0 Å². The van der Waals surface area contributed by atoms with E-state index in [1.165, 1.54) is 75.3 Å². The summed E-state index contributed by atoms with van der Waals surface area (Å²) >= 11 is 0.0673. The van der Waals surface area contributed by atoms with Gasteiger partial charge in [0, 0.05) is 0 Å². The number of fused-ring (bicyclic) bond motifs is 4. The number of rotatable bonds is 5. The fraction of sp³-hybridized carbons (Fsp3) is 0.0682. The molecule has 0 radical (unpaired) electrons. The SMILES string of the molecule is Cc1cc2c(c(-c3c(-c4ccc(-c5ccccc5)c(-c5ccccc5)c4-c4ccnnn4)[se]c4ccccc34)c1C)Cc1ccccc1-2. The second kappa shape index (κ2) is 11.7. The van der Waals surface area contributed by atoms with Crippen LogP contribution in [0.15, 0.2) is 140 Å². The topological polar surface area (TPSA) is 38.7 Å². The molecule has 0 saturated heterocycles. The Balaban J connectivity index is 1.42. The first kappa shape index (κ1) is 28.8. The van der Waals surface area contributed by atoms with Crippen LogP contribution >= 0.6 is 0 Å². The van der Waals surface area contributed by atoms with Gasteiger partial charge in [-0.2, -0.15) is 0 Å². The zero-order valence-corrected chi connectivity index (χ0v) is 28.4. The van der Waals surface area contributed by atoms with Gasteiger partial charge in [-0.15, -0.1) is 0 Å². The molecular weight excluding hydrogens is 649 g/mol. The molecule has 48 heavy (non-hydrogen) atoms. The number of hydrogen-bond acceptors (Lipinski definition) is 3. The third-order valence-electron chi connectivity index (χ3n) is 9.83. The summed E-state index contributed by atoms with van der Waals surface area (Å²) in [5.74, 6) is 0. The van der Waals surface area contributed by atoms with Gasteiger partial charge in [0.1, 0.15) is 0 Å². The van der Waals surface area contributed by atoms with Gasteiger partial charge < -0.3 is 0 Å². The molecule has 1 aliphatic rings. The number of nitrogens with zero attached hydrogens (tertiary/aromatic N) is 3. The third-order valence-corrected chi connectivity index (χ3v) is 12.4. The third kappa shape index (κ3) is 4.60. The number of hydrogen-bond donors (Lipinski definition) is 0. The van der Waals surface area contributed by atoms with Crippen molar-refractivity contribution in [2.75, 3.05) is 0 Å². The maximum atomic E-state index is 4.69. The Morgan fingerprint density at radius 3 is 2.06 bits per heavy atom. The summed E-state index contributed by atoms with van der Waals surface area (Å²) in [4.78, 5) is 0. The van der Waals surface area contributed by atoms with Crippen LogP contribution < -0.4 is 0 Å². The second-order valence-electron chi connectivity index (χ2n) is 12.5. The van der Waals surface area contributed by atoms with Gasteiger partial charge in [-0.05, 0) is 0 Å². The summed E-state index contributed by atoms with van der Waals surface area (Å²) in [7, 11) is 0. The molecule has 0 spiro atoms. The van der Waals surface area contributed by atoms with Crippen molar-refractivity contribution in [3.63, 3.8) is 0 Å². The van der Waals surface area contributed by atoms with Gasteiger partial charge in [0.15, 0.2) is 0 Å². The van der Waals surface area contributed by atoms with Crippen LogP contribution in [0.1, 0.15) is 22.3 Å². The molecule has 6 aromatic carbocycles. The summed E-state index contributed by atoms with van der Waals surface area (Å²) in [6.07, 6.45) is 2.70. The van der Waals surface area contributed by atoms with Gasteiger partial charge >= 0.3 is 288 Å². The van der Waals surface area contributed by atoms with Crippen molar-refractivity contribution in [2.45, 2.75) is 20.3 Å². The molecule has 0 amide bonds. The van der Waals surface area contributed by atoms with E-state index in [9.17, 15) is 0 Å². The van der Waals surface area contributed by atoms with Crippen molar-refractivity contribution in [1.82, 2.24) is 15.4 Å². The van der Waals surface area contributed by atoms with E-state index in [0.29, 0.717) is 0 Å². The van der Waals surface area contributed by atoms with Crippen molar-refractivity contribution in [1.29, 1.82) is 0 Å². The number of aryl methyl sites for hydroxylation is 1. The molecule has 8 aromatic rings. The van der Waals surface area contributed by atoms with E-state index in [-0.39, 0.29) is 14.5 Å². The molecular formula is C44H31N3Se. The molecule has 0 fully saturated rings. The first-order chi connectivity index (χ1) is 23.7. The predicted molar refractivity (Wildman–Crippen MR) is 199 cm³/mol. The van der Waals surface area contributed by atoms with E-state index in [2.05, 4.69) is 157 Å². The Kier molecular flexibility index (Phi) is 7.00. The molecule has 2 heterocycles. The van der Waals surface area contributed by atoms with Crippen LogP contribution in [-0.4, -0.2) is 29.9 Å². The average Bonchev–Trinajstić information content (AvgIpc) is 3.71. The van der Waals surface area contributed by atoms with Gasteiger partial charge in [-0.3, -0.25) is 0 Å². The molecule has 1 aliphatic carbocycles. The van der Waals surface area contributed by atoms with E-state index in [1.54, 1.807) is 6.20 Å². The van der Waals surface area contributed by atoms with Crippen molar-refractivity contribution < 1.29 is 0 Å². The van der Waals surface area contributed by atoms with Crippen molar-refractivity contribution >= 4 is 24.1 Å².